The molecule has 2 heterocycles. The third kappa shape index (κ3) is 4.99. The maximum absolute atomic E-state index is 14.6. The van der Waals surface area contributed by atoms with Crippen molar-refractivity contribution in [2.45, 2.75) is 54.4 Å². The summed E-state index contributed by atoms with van der Waals surface area (Å²) in [6.45, 7) is 2.14. The minimum atomic E-state index is -4.04. The monoisotopic (exact) mass is 614 g/mol. The second-order valence-electron chi connectivity index (χ2n) is 11.6. The van der Waals surface area contributed by atoms with Crippen molar-refractivity contribution in [2.75, 3.05) is 26.7 Å². The van der Waals surface area contributed by atoms with Gasteiger partial charge in [-0.25, -0.2) is 17.2 Å². The lowest BCUT2D eigenvalue weighted by Crippen LogP contribution is -2.53. The van der Waals surface area contributed by atoms with Gasteiger partial charge in [-0.1, -0.05) is 23.7 Å². The van der Waals surface area contributed by atoms with Gasteiger partial charge in [0.15, 0.2) is 9.84 Å². The predicted molar refractivity (Wildman–Crippen MR) is 156 cm³/mol. The van der Waals surface area contributed by atoms with Gasteiger partial charge < -0.3 is 14.5 Å². The molecule has 0 aromatic heterocycles. The van der Waals surface area contributed by atoms with Crippen molar-refractivity contribution in [2.24, 2.45) is 5.92 Å². The Balaban J connectivity index is 1.36. The molecule has 1 aliphatic carbocycles. The Bertz CT molecular complexity index is 1610. The standard InChI is InChI=1S/C32H33ClF2N2O4S/c1-36-15-12-21(13-16-36)31(38)37-17-14-32(42(39,40)27-8-5-24(34)6-9-27)28-10-7-26(18-22(28)3-11-30(32)37)41-20-23-2-4-25(35)19-29(23)33/h2,4-10,18-19,21,30H,3,11-17,20H2,1H3/t30-,32-/m1/s1. The second kappa shape index (κ2) is 11.2. The van der Waals surface area contributed by atoms with Gasteiger partial charge in [0.1, 0.15) is 28.7 Å². The summed E-state index contributed by atoms with van der Waals surface area (Å²) in [5.41, 5.74) is 2.13. The van der Waals surface area contributed by atoms with Gasteiger partial charge in [-0.3, -0.25) is 4.79 Å². The number of halogens is 3. The van der Waals surface area contributed by atoms with Crippen LogP contribution in [0.2, 0.25) is 5.02 Å². The van der Waals surface area contributed by atoms with Crippen LogP contribution in [0.25, 0.3) is 0 Å². The van der Waals surface area contributed by atoms with Crippen molar-refractivity contribution in [1.29, 1.82) is 0 Å². The van der Waals surface area contributed by atoms with Crippen LogP contribution in [-0.4, -0.2) is 56.8 Å². The lowest BCUT2D eigenvalue weighted by atomic mass is 9.78. The van der Waals surface area contributed by atoms with E-state index >= 15 is 0 Å². The first kappa shape index (κ1) is 29.1. The van der Waals surface area contributed by atoms with Gasteiger partial charge >= 0.3 is 0 Å². The fourth-order valence-corrected chi connectivity index (χ4v) is 9.56. The van der Waals surface area contributed by atoms with Crippen molar-refractivity contribution >= 4 is 27.3 Å². The smallest absolute Gasteiger partial charge is 0.226 e. The predicted octanol–water partition coefficient (Wildman–Crippen LogP) is 5.76. The summed E-state index contributed by atoms with van der Waals surface area (Å²) in [7, 11) is -1.99. The van der Waals surface area contributed by atoms with Crippen LogP contribution in [-0.2, 0) is 32.4 Å². The summed E-state index contributed by atoms with van der Waals surface area (Å²) in [6.07, 6.45) is 2.83. The quantitative estimate of drug-likeness (QED) is 0.331. The topological polar surface area (TPSA) is 66.9 Å². The van der Waals surface area contributed by atoms with E-state index in [0.29, 0.717) is 36.3 Å². The highest BCUT2D eigenvalue weighted by Crippen LogP contribution is 2.53. The summed E-state index contributed by atoms with van der Waals surface area (Å²) >= 11 is 6.17. The normalized spacial score (nSPS) is 23.0. The van der Waals surface area contributed by atoms with Crippen molar-refractivity contribution in [1.82, 2.24) is 9.80 Å². The molecule has 222 valence electrons. The molecule has 10 heteroatoms. The highest BCUT2D eigenvalue weighted by atomic mass is 35.5. The summed E-state index contributed by atoms with van der Waals surface area (Å²) in [5, 5.41) is 0.264. The van der Waals surface area contributed by atoms with Crippen LogP contribution >= 0.6 is 11.6 Å². The molecule has 0 unspecified atom stereocenters. The van der Waals surface area contributed by atoms with E-state index in [1.54, 1.807) is 18.2 Å². The molecule has 6 rings (SSSR count). The van der Waals surface area contributed by atoms with Crippen molar-refractivity contribution < 1.29 is 26.7 Å². The Morgan fingerprint density at radius 3 is 2.40 bits per heavy atom. The first-order valence-corrected chi connectivity index (χ1v) is 16.2. The molecule has 0 bridgehead atoms. The van der Waals surface area contributed by atoms with Gasteiger partial charge in [0.25, 0.3) is 0 Å². The maximum Gasteiger partial charge on any atom is 0.226 e. The Morgan fingerprint density at radius 2 is 1.69 bits per heavy atom. The molecule has 6 nitrogen and oxygen atoms in total. The number of fused-ring (bicyclic) bond motifs is 3. The van der Waals surface area contributed by atoms with Crippen molar-refractivity contribution in [3.05, 3.63) is 94.0 Å². The number of likely N-dealkylation sites (tertiary alicyclic amines) is 2. The molecular weight excluding hydrogens is 582 g/mol. The Labute approximate surface area is 250 Å². The summed E-state index contributed by atoms with van der Waals surface area (Å²) in [5.74, 6) is -0.496. The van der Waals surface area contributed by atoms with Crippen LogP contribution in [0.4, 0.5) is 8.78 Å². The van der Waals surface area contributed by atoms with E-state index in [9.17, 15) is 22.0 Å². The molecule has 2 saturated heterocycles. The number of rotatable bonds is 6. The molecule has 3 aliphatic rings. The van der Waals surface area contributed by atoms with E-state index in [1.807, 2.05) is 18.0 Å². The number of hydrogen-bond donors (Lipinski definition) is 0. The van der Waals surface area contributed by atoms with Gasteiger partial charge in [0.05, 0.1) is 16.0 Å². The maximum atomic E-state index is 14.6. The summed E-state index contributed by atoms with van der Waals surface area (Å²) in [4.78, 5) is 17.9. The number of ether oxygens (including phenoxy) is 1. The van der Waals surface area contributed by atoms with E-state index in [-0.39, 0.29) is 34.8 Å². The number of carbonyl (C=O) groups excluding carboxylic acids is 1. The second-order valence-corrected chi connectivity index (χ2v) is 14.2. The van der Waals surface area contributed by atoms with Gasteiger partial charge in [-0.15, -0.1) is 0 Å². The number of aryl methyl sites for hydroxylation is 1. The SMILES string of the molecule is CN1CCC(C(=O)N2CC[C@@]3(S(=O)(=O)c4ccc(F)cc4)c4ccc(OCc5ccc(F)cc5Cl)cc4CC[C@@H]23)CC1. The Kier molecular flexibility index (Phi) is 7.79. The van der Waals surface area contributed by atoms with Gasteiger partial charge in [-0.05, 0) is 112 Å². The lowest BCUT2D eigenvalue weighted by Gasteiger charge is -2.43. The third-order valence-corrected chi connectivity index (χ3v) is 12.1. The minimum absolute atomic E-state index is 0.0314. The molecule has 0 N–H and O–H groups in total. The average Bonchev–Trinajstić information content (AvgIpc) is 3.38. The molecule has 42 heavy (non-hydrogen) atoms. The van der Waals surface area contributed by atoms with E-state index in [0.717, 1.165) is 43.6 Å². The number of piperidine rings is 1. The van der Waals surface area contributed by atoms with Gasteiger partial charge in [0.2, 0.25) is 5.91 Å². The van der Waals surface area contributed by atoms with E-state index in [2.05, 4.69) is 4.90 Å². The zero-order chi connectivity index (χ0) is 29.6. The number of sulfone groups is 1. The molecule has 1 amide bonds. The molecule has 0 spiro atoms. The van der Waals surface area contributed by atoms with Crippen molar-refractivity contribution in [3.8, 4) is 5.75 Å². The van der Waals surface area contributed by atoms with E-state index < -0.39 is 32.3 Å². The zero-order valence-electron chi connectivity index (χ0n) is 23.4. The molecular formula is C32H33ClF2N2O4S. The van der Waals surface area contributed by atoms with Crippen LogP contribution in [0.5, 0.6) is 5.75 Å². The number of amides is 1. The Morgan fingerprint density at radius 1 is 0.976 bits per heavy atom. The minimum Gasteiger partial charge on any atom is -0.489 e. The van der Waals surface area contributed by atoms with Gasteiger partial charge in [0, 0.05) is 18.0 Å². The molecule has 2 atom stereocenters. The lowest BCUT2D eigenvalue weighted by molar-refractivity contribution is -0.138. The van der Waals surface area contributed by atoms with E-state index in [4.69, 9.17) is 16.3 Å². The molecule has 0 radical (unpaired) electrons. The summed E-state index contributed by atoms with van der Waals surface area (Å²) < 4.78 is 61.0. The highest BCUT2D eigenvalue weighted by molar-refractivity contribution is 7.92. The molecule has 3 aromatic rings. The van der Waals surface area contributed by atoms with Gasteiger partial charge in [-0.2, -0.15) is 0 Å². The first-order valence-electron chi connectivity index (χ1n) is 14.3. The summed E-state index contributed by atoms with van der Waals surface area (Å²) in [6, 6.07) is 13.9. The molecule has 3 aromatic carbocycles. The van der Waals surface area contributed by atoms with Crippen LogP contribution in [0.1, 0.15) is 42.4 Å². The number of carbonyl (C=O) groups is 1. The number of hydrogen-bond acceptors (Lipinski definition) is 5. The van der Waals surface area contributed by atoms with Crippen LogP contribution in [0.15, 0.2) is 65.6 Å². The molecule has 2 fully saturated rings. The molecule has 2 aliphatic heterocycles. The fourth-order valence-electron chi connectivity index (χ4n) is 6.97. The fraction of sp³-hybridized carbons (Fsp3) is 0.406. The largest absolute Gasteiger partial charge is 0.489 e. The molecule has 0 saturated carbocycles. The van der Waals surface area contributed by atoms with Crippen LogP contribution in [0.3, 0.4) is 0 Å². The Hall–Kier alpha value is -3.01. The average molecular weight is 615 g/mol. The third-order valence-electron chi connectivity index (χ3n) is 9.22. The van der Waals surface area contributed by atoms with Crippen LogP contribution < -0.4 is 4.74 Å². The first-order chi connectivity index (χ1) is 20.1. The van der Waals surface area contributed by atoms with Crippen molar-refractivity contribution in [3.63, 3.8) is 0 Å². The van der Waals surface area contributed by atoms with E-state index in [1.165, 1.54) is 24.3 Å². The number of nitrogens with zero attached hydrogens (tertiary/aromatic N) is 2. The number of benzene rings is 3. The highest BCUT2D eigenvalue weighted by Gasteiger charge is 2.61. The zero-order valence-corrected chi connectivity index (χ0v) is 24.9. The van der Waals surface area contributed by atoms with Crippen LogP contribution in [0, 0.1) is 17.6 Å².